The third-order valence-electron chi connectivity index (χ3n) is 10.7. The van der Waals surface area contributed by atoms with E-state index in [0.29, 0.717) is 0 Å². The van der Waals surface area contributed by atoms with E-state index in [4.69, 9.17) is 9.98 Å². The highest BCUT2D eigenvalue weighted by atomic mass is 14.8. The number of unbranched alkanes of at least 4 members (excludes halogenated alkanes) is 19. The molecule has 2 nitrogen and oxygen atoms in total. The molecule has 2 aromatic carbocycles. The van der Waals surface area contributed by atoms with Crippen LogP contribution in [0.1, 0.15) is 224 Å². The molecule has 2 heteroatoms. The molecular formula is C53H84N2. The van der Waals surface area contributed by atoms with Crippen molar-refractivity contribution in [1.82, 2.24) is 0 Å². The molecule has 0 aliphatic carbocycles. The molecule has 2 rings (SSSR count). The molecule has 0 radical (unpaired) electrons. The molecule has 55 heavy (non-hydrogen) atoms. The molecule has 306 valence electrons. The molecule has 0 aliphatic heterocycles. The predicted octanol–water partition coefficient (Wildman–Crippen LogP) is 17.1. The fourth-order valence-corrected chi connectivity index (χ4v) is 7.30. The maximum Gasteiger partial charge on any atom is 0.139 e. The van der Waals surface area contributed by atoms with E-state index in [1.165, 1.54) is 164 Å². The summed E-state index contributed by atoms with van der Waals surface area (Å²) < 4.78 is 0. The summed E-state index contributed by atoms with van der Waals surface area (Å²) in [6, 6.07) is 14.3. The van der Waals surface area contributed by atoms with E-state index >= 15 is 0 Å². The van der Waals surface area contributed by atoms with Gasteiger partial charge in [0.1, 0.15) is 5.71 Å². The van der Waals surface area contributed by atoms with E-state index in [-0.39, 0.29) is 0 Å². The Morgan fingerprint density at radius 2 is 0.818 bits per heavy atom. The number of hydrogen-bond acceptors (Lipinski definition) is 2. The topological polar surface area (TPSA) is 24.7 Å². The zero-order valence-electron chi connectivity index (χ0n) is 37.0. The second-order valence-corrected chi connectivity index (χ2v) is 16.2. The quantitative estimate of drug-likeness (QED) is 0.0404. The van der Waals surface area contributed by atoms with E-state index < -0.39 is 0 Å². The van der Waals surface area contributed by atoms with E-state index in [0.717, 1.165) is 67.7 Å². The van der Waals surface area contributed by atoms with Gasteiger partial charge < -0.3 is 0 Å². The van der Waals surface area contributed by atoms with Crippen molar-refractivity contribution in [1.29, 1.82) is 0 Å². The van der Waals surface area contributed by atoms with Gasteiger partial charge in [-0.2, -0.15) is 0 Å². The van der Waals surface area contributed by atoms with Gasteiger partial charge in [-0.3, -0.25) is 0 Å². The van der Waals surface area contributed by atoms with Crippen molar-refractivity contribution >= 4 is 22.8 Å². The number of benzene rings is 2. The lowest BCUT2D eigenvalue weighted by atomic mass is 9.99. The van der Waals surface area contributed by atoms with Gasteiger partial charge in [-0.25, -0.2) is 9.98 Å². The summed E-state index contributed by atoms with van der Waals surface area (Å²) in [7, 11) is 0. The molecule has 0 bridgehead atoms. The number of aliphatic imine (C=N–C) groups is 2. The number of hydrogen-bond donors (Lipinski definition) is 0. The average molecular weight is 749 g/mol. The van der Waals surface area contributed by atoms with Crippen LogP contribution in [0.3, 0.4) is 0 Å². The van der Waals surface area contributed by atoms with Crippen LogP contribution in [0, 0.1) is 11.8 Å². The molecule has 0 amide bonds. The molecular weight excluding hydrogens is 665 g/mol. The van der Waals surface area contributed by atoms with Crippen molar-refractivity contribution in [3.8, 4) is 11.8 Å². The first-order chi connectivity index (χ1) is 27.1. The predicted molar refractivity (Wildman–Crippen MR) is 248 cm³/mol. The zero-order chi connectivity index (χ0) is 39.6. The number of nitrogens with zero attached hydrogens (tertiary/aromatic N) is 2. The summed E-state index contributed by atoms with van der Waals surface area (Å²) >= 11 is 0. The molecule has 0 fully saturated rings. The highest BCUT2D eigenvalue weighted by Gasteiger charge is 2.10. The van der Waals surface area contributed by atoms with Gasteiger partial charge in [-0.1, -0.05) is 175 Å². The minimum atomic E-state index is 0.820. The van der Waals surface area contributed by atoms with Crippen LogP contribution >= 0.6 is 0 Å². The van der Waals surface area contributed by atoms with Gasteiger partial charge in [-0.15, -0.1) is 0 Å². The van der Waals surface area contributed by atoms with E-state index in [1.54, 1.807) is 0 Å². The molecule has 0 N–H and O–H groups in total. The standard InChI is InChI=1S/C53H84N2/c1-7-13-19-21-23-24-25-27-33-39-53(55-51-44-48(36-30-17-11-5)41-49(45-51)37-31-18-12-6)52(38-32-26-22-20-14-8-2)54-50-42-46(34-28-15-9-3)40-47(43-50)35-29-16-10-4/h33,39-45H,7-31,34-37H2,1-6H3/b39-33+,54-52?,55-53?. The Hall–Kier alpha value is -2.92. The minimum Gasteiger partial charge on any atom is -0.246 e. The van der Waals surface area contributed by atoms with E-state index in [1.807, 2.05) is 0 Å². The summed E-state index contributed by atoms with van der Waals surface area (Å²) in [5, 5.41) is 0. The van der Waals surface area contributed by atoms with Crippen molar-refractivity contribution in [3.63, 3.8) is 0 Å². The monoisotopic (exact) mass is 749 g/mol. The van der Waals surface area contributed by atoms with Crippen LogP contribution in [0.2, 0.25) is 0 Å². The van der Waals surface area contributed by atoms with Crippen LogP contribution in [0.15, 0.2) is 58.5 Å². The Balaban J connectivity index is 2.68. The van der Waals surface area contributed by atoms with Gasteiger partial charge in [0.2, 0.25) is 0 Å². The molecule has 0 aliphatic rings. The molecule has 0 saturated heterocycles. The van der Waals surface area contributed by atoms with Crippen LogP contribution in [-0.4, -0.2) is 11.4 Å². The Bertz CT molecular complexity index is 1360. The van der Waals surface area contributed by atoms with Gasteiger partial charge in [0.05, 0.1) is 17.1 Å². The first kappa shape index (κ1) is 48.2. The van der Waals surface area contributed by atoms with Gasteiger partial charge in [0.15, 0.2) is 0 Å². The largest absolute Gasteiger partial charge is 0.246 e. The summed E-state index contributed by atoms with van der Waals surface area (Å²) in [4.78, 5) is 10.9. The van der Waals surface area contributed by atoms with Crippen LogP contribution in [0.4, 0.5) is 11.4 Å². The third kappa shape index (κ3) is 23.7. The third-order valence-corrected chi connectivity index (χ3v) is 10.7. The lowest BCUT2D eigenvalue weighted by Gasteiger charge is -2.10. The molecule has 0 heterocycles. The molecule has 0 atom stereocenters. The smallest absolute Gasteiger partial charge is 0.139 e. The number of rotatable bonds is 32. The average Bonchev–Trinajstić information content (AvgIpc) is 3.18. The molecule has 0 aromatic heterocycles. The molecule has 0 unspecified atom stereocenters. The highest BCUT2D eigenvalue weighted by molar-refractivity contribution is 6.53. The Labute approximate surface area is 342 Å². The first-order valence-electron chi connectivity index (χ1n) is 23.6. The van der Waals surface area contributed by atoms with Gasteiger partial charge >= 0.3 is 0 Å². The maximum absolute atomic E-state index is 5.49. The summed E-state index contributed by atoms with van der Waals surface area (Å²) in [5.74, 6) is 7.20. The normalized spacial score (nSPS) is 12.1. The van der Waals surface area contributed by atoms with Crippen LogP contribution < -0.4 is 0 Å². The Morgan fingerprint density at radius 1 is 0.436 bits per heavy atom. The minimum absolute atomic E-state index is 0.820. The summed E-state index contributed by atoms with van der Waals surface area (Å²) in [6.45, 7) is 13.7. The SMILES string of the molecule is CCCCCCC#CC(=Nc1cc(CCCCC)cc(CCCCC)c1)C(/C=C/CCCCCCCCC)=Nc1cc(CCCCC)cc(CCCCC)c1. The first-order valence-corrected chi connectivity index (χ1v) is 23.6. The van der Waals surface area contributed by atoms with E-state index in [9.17, 15) is 0 Å². The number of allylic oxidation sites excluding steroid dienone is 2. The second kappa shape index (κ2) is 33.2. The van der Waals surface area contributed by atoms with Crippen molar-refractivity contribution in [2.45, 2.75) is 228 Å². The Morgan fingerprint density at radius 3 is 1.27 bits per heavy atom. The highest BCUT2D eigenvalue weighted by Crippen LogP contribution is 2.25. The maximum atomic E-state index is 5.49. The van der Waals surface area contributed by atoms with Crippen molar-refractivity contribution < 1.29 is 0 Å². The van der Waals surface area contributed by atoms with Gasteiger partial charge in [0, 0.05) is 6.42 Å². The van der Waals surface area contributed by atoms with Crippen LogP contribution in [-0.2, 0) is 25.7 Å². The summed E-state index contributed by atoms with van der Waals surface area (Å²) in [6.07, 6.45) is 40.2. The van der Waals surface area contributed by atoms with Crippen molar-refractivity contribution in [2.75, 3.05) is 0 Å². The van der Waals surface area contributed by atoms with Gasteiger partial charge in [0.25, 0.3) is 0 Å². The Kier molecular flexibility index (Phi) is 29.1. The lowest BCUT2D eigenvalue weighted by Crippen LogP contribution is -2.10. The van der Waals surface area contributed by atoms with Crippen LogP contribution in [0.25, 0.3) is 0 Å². The van der Waals surface area contributed by atoms with E-state index in [2.05, 4.69) is 102 Å². The van der Waals surface area contributed by atoms with Crippen molar-refractivity contribution in [3.05, 3.63) is 70.8 Å². The fraction of sp³-hybridized carbons (Fsp3) is 0.660. The molecule has 0 saturated carbocycles. The summed E-state index contributed by atoms with van der Waals surface area (Å²) in [5.41, 5.74) is 9.50. The fourth-order valence-electron chi connectivity index (χ4n) is 7.30. The molecule has 2 aromatic rings. The van der Waals surface area contributed by atoms with Gasteiger partial charge in [-0.05, 0) is 129 Å². The number of aryl methyl sites for hydroxylation is 4. The van der Waals surface area contributed by atoms with Crippen molar-refractivity contribution in [2.24, 2.45) is 9.98 Å². The second-order valence-electron chi connectivity index (χ2n) is 16.2. The van der Waals surface area contributed by atoms with Crippen LogP contribution in [0.5, 0.6) is 0 Å². The molecule has 0 spiro atoms. The zero-order valence-corrected chi connectivity index (χ0v) is 37.0. The lowest BCUT2D eigenvalue weighted by molar-refractivity contribution is 0.592.